The van der Waals surface area contributed by atoms with E-state index in [1.807, 2.05) is 19.9 Å². The zero-order valence-electron chi connectivity index (χ0n) is 13.5. The molecule has 0 saturated carbocycles. The van der Waals surface area contributed by atoms with Gasteiger partial charge in [-0.25, -0.2) is 9.59 Å². The lowest BCUT2D eigenvalue weighted by molar-refractivity contribution is -0.141. The summed E-state index contributed by atoms with van der Waals surface area (Å²) < 4.78 is 9.86. The van der Waals surface area contributed by atoms with Crippen molar-refractivity contribution in [2.45, 2.75) is 52.9 Å². The van der Waals surface area contributed by atoms with E-state index in [1.54, 1.807) is 0 Å². The van der Waals surface area contributed by atoms with Crippen LogP contribution in [-0.2, 0) is 19.1 Å². The molecule has 0 aromatic heterocycles. The predicted octanol–water partition coefficient (Wildman–Crippen LogP) is 3.81. The second-order valence-electron chi connectivity index (χ2n) is 5.28. The van der Waals surface area contributed by atoms with E-state index < -0.39 is 11.9 Å². The van der Waals surface area contributed by atoms with Gasteiger partial charge in [0, 0.05) is 12.2 Å². The summed E-state index contributed by atoms with van der Waals surface area (Å²) in [7, 11) is 0. The molecule has 0 fully saturated rings. The molecule has 4 heteroatoms. The largest absolute Gasteiger partial charge is 0.462 e. The van der Waals surface area contributed by atoms with Gasteiger partial charge in [-0.2, -0.15) is 0 Å². The number of rotatable bonds is 11. The number of esters is 2. The Morgan fingerprint density at radius 2 is 1.57 bits per heavy atom. The van der Waals surface area contributed by atoms with E-state index in [1.165, 1.54) is 19.3 Å². The van der Waals surface area contributed by atoms with Crippen LogP contribution in [0.4, 0.5) is 0 Å². The van der Waals surface area contributed by atoms with Crippen LogP contribution in [0, 0.1) is 5.92 Å². The maximum Gasteiger partial charge on any atom is 0.331 e. The molecule has 0 rings (SSSR count). The average molecular weight is 296 g/mol. The number of unbranched alkanes of at least 4 members (excludes halogenated alkanes) is 3. The molecule has 0 bridgehead atoms. The average Bonchev–Trinajstić information content (AvgIpc) is 2.45. The summed E-state index contributed by atoms with van der Waals surface area (Å²) in [5.74, 6) is -0.759. The quantitative estimate of drug-likeness (QED) is 0.252. The van der Waals surface area contributed by atoms with Gasteiger partial charge in [0.05, 0.1) is 13.2 Å². The van der Waals surface area contributed by atoms with Crippen molar-refractivity contribution in [3.8, 4) is 0 Å². The fraction of sp³-hybridized carbons (Fsp3) is 0.647. The topological polar surface area (TPSA) is 52.6 Å². The summed E-state index contributed by atoms with van der Waals surface area (Å²) in [6.45, 7) is 6.74. The molecular weight excluding hydrogens is 268 g/mol. The van der Waals surface area contributed by atoms with Crippen molar-refractivity contribution in [3.05, 3.63) is 24.3 Å². The van der Waals surface area contributed by atoms with Crippen molar-refractivity contribution in [2.75, 3.05) is 13.2 Å². The molecule has 0 N–H and O–H groups in total. The lowest BCUT2D eigenvalue weighted by Gasteiger charge is -2.03. The van der Waals surface area contributed by atoms with Gasteiger partial charge >= 0.3 is 11.9 Å². The summed E-state index contributed by atoms with van der Waals surface area (Å²) in [6.07, 6.45) is 11.8. The van der Waals surface area contributed by atoms with Crippen molar-refractivity contribution in [2.24, 2.45) is 5.92 Å². The number of carbonyl (C=O) groups excluding carboxylic acids is 2. The molecule has 21 heavy (non-hydrogen) atoms. The molecule has 120 valence electrons. The molecule has 0 saturated heterocycles. The number of hydrogen-bond acceptors (Lipinski definition) is 4. The molecule has 0 amide bonds. The van der Waals surface area contributed by atoms with Gasteiger partial charge in [0.2, 0.25) is 0 Å². The number of hydrogen-bond donors (Lipinski definition) is 0. The van der Waals surface area contributed by atoms with Crippen LogP contribution in [0.3, 0.4) is 0 Å². The summed E-state index contributed by atoms with van der Waals surface area (Å²) in [6, 6.07) is 0. The molecule has 0 aliphatic heterocycles. The highest BCUT2D eigenvalue weighted by Gasteiger charge is 2.01. The van der Waals surface area contributed by atoms with Gasteiger partial charge in [-0.05, 0) is 25.2 Å². The van der Waals surface area contributed by atoms with Gasteiger partial charge in [-0.3, -0.25) is 0 Å². The van der Waals surface area contributed by atoms with Gasteiger partial charge in [-0.1, -0.05) is 45.8 Å². The van der Waals surface area contributed by atoms with Crippen molar-refractivity contribution in [1.29, 1.82) is 0 Å². The highest BCUT2D eigenvalue weighted by Crippen LogP contribution is 2.00. The third-order valence-electron chi connectivity index (χ3n) is 2.58. The minimum absolute atomic E-state index is 0.276. The third-order valence-corrected chi connectivity index (χ3v) is 2.58. The lowest BCUT2D eigenvalue weighted by Crippen LogP contribution is -2.08. The molecule has 0 aliphatic rings. The molecular formula is C17H28O4. The molecule has 4 nitrogen and oxygen atoms in total. The molecule has 0 spiro atoms. The highest BCUT2D eigenvalue weighted by molar-refractivity contribution is 5.91. The van der Waals surface area contributed by atoms with Crippen LogP contribution in [0.5, 0.6) is 0 Å². The number of allylic oxidation sites excluding steroid dienone is 1. The van der Waals surface area contributed by atoms with Crippen molar-refractivity contribution < 1.29 is 19.1 Å². The number of ether oxygens (including phenoxy) is 2. The third kappa shape index (κ3) is 14.6. The summed E-state index contributed by atoms with van der Waals surface area (Å²) in [5.41, 5.74) is 0. The summed E-state index contributed by atoms with van der Waals surface area (Å²) in [5, 5.41) is 0. The van der Waals surface area contributed by atoms with Crippen LogP contribution in [0.15, 0.2) is 24.3 Å². The first-order valence-electron chi connectivity index (χ1n) is 7.72. The minimum atomic E-state index is -0.518. The predicted molar refractivity (Wildman–Crippen MR) is 83.8 cm³/mol. The van der Waals surface area contributed by atoms with E-state index in [0.29, 0.717) is 19.6 Å². The normalized spacial score (nSPS) is 11.4. The van der Waals surface area contributed by atoms with E-state index in [9.17, 15) is 9.59 Å². The van der Waals surface area contributed by atoms with Gasteiger partial charge in [0.25, 0.3) is 0 Å². The van der Waals surface area contributed by atoms with E-state index in [4.69, 9.17) is 9.47 Å². The first-order valence-corrected chi connectivity index (χ1v) is 7.72. The SMILES string of the molecule is CCCCC/C=C\CCOC(=O)/C=C/C(=O)OCC(C)C. The Morgan fingerprint density at radius 1 is 0.952 bits per heavy atom. The van der Waals surface area contributed by atoms with E-state index in [-0.39, 0.29) is 5.92 Å². The molecule has 0 atom stereocenters. The van der Waals surface area contributed by atoms with Gasteiger partial charge in [0.1, 0.15) is 0 Å². The monoisotopic (exact) mass is 296 g/mol. The fourth-order valence-corrected chi connectivity index (χ4v) is 1.46. The lowest BCUT2D eigenvalue weighted by atomic mass is 10.2. The molecule has 0 radical (unpaired) electrons. The summed E-state index contributed by atoms with van der Waals surface area (Å²) in [4.78, 5) is 22.5. The van der Waals surface area contributed by atoms with Crippen LogP contribution in [0.1, 0.15) is 52.9 Å². The first kappa shape index (κ1) is 19.4. The van der Waals surface area contributed by atoms with Crippen molar-refractivity contribution >= 4 is 11.9 Å². The maximum absolute atomic E-state index is 11.3. The van der Waals surface area contributed by atoms with Crippen molar-refractivity contribution in [1.82, 2.24) is 0 Å². The van der Waals surface area contributed by atoms with E-state index >= 15 is 0 Å². The zero-order chi connectivity index (χ0) is 15.9. The Kier molecular flexibility index (Phi) is 12.4. The first-order chi connectivity index (χ1) is 10.1. The van der Waals surface area contributed by atoms with Crippen LogP contribution in [0.25, 0.3) is 0 Å². The number of carbonyl (C=O) groups is 2. The molecule has 0 heterocycles. The molecule has 0 aromatic carbocycles. The minimum Gasteiger partial charge on any atom is -0.462 e. The van der Waals surface area contributed by atoms with Crippen LogP contribution in [0.2, 0.25) is 0 Å². The second-order valence-corrected chi connectivity index (χ2v) is 5.28. The van der Waals surface area contributed by atoms with Crippen LogP contribution in [-0.4, -0.2) is 25.2 Å². The van der Waals surface area contributed by atoms with Gasteiger partial charge < -0.3 is 9.47 Å². The smallest absolute Gasteiger partial charge is 0.331 e. The summed E-state index contributed by atoms with van der Waals surface area (Å²) >= 11 is 0. The van der Waals surface area contributed by atoms with E-state index in [2.05, 4.69) is 13.0 Å². The zero-order valence-corrected chi connectivity index (χ0v) is 13.5. The fourth-order valence-electron chi connectivity index (χ4n) is 1.46. The Labute approximate surface area is 128 Å². The second kappa shape index (κ2) is 13.4. The molecule has 0 aliphatic carbocycles. The highest BCUT2D eigenvalue weighted by atomic mass is 16.5. The molecule has 0 unspecified atom stereocenters. The van der Waals surface area contributed by atoms with Crippen molar-refractivity contribution in [3.63, 3.8) is 0 Å². The molecule has 0 aromatic rings. The Balaban J connectivity index is 3.63. The Morgan fingerprint density at radius 3 is 2.19 bits per heavy atom. The van der Waals surface area contributed by atoms with Crippen LogP contribution < -0.4 is 0 Å². The van der Waals surface area contributed by atoms with Gasteiger partial charge in [0.15, 0.2) is 0 Å². The van der Waals surface area contributed by atoms with Gasteiger partial charge in [-0.15, -0.1) is 0 Å². The van der Waals surface area contributed by atoms with Crippen LogP contribution >= 0.6 is 0 Å². The standard InChI is InChI=1S/C17H28O4/c1-4-5-6-7-8-9-10-13-20-16(18)11-12-17(19)21-14-15(2)3/h8-9,11-12,15H,4-7,10,13-14H2,1-3H3/b9-8-,12-11+. The Bertz CT molecular complexity index is 343. The maximum atomic E-state index is 11.3. The van der Waals surface area contributed by atoms with E-state index in [0.717, 1.165) is 18.6 Å². The Hall–Kier alpha value is -1.58.